The SMILES string of the molecule is CC.CC1C2C=C(c3ccc(-c4ccccc4)cc3)C1CC2. The molecule has 0 heteroatoms. The Labute approximate surface area is 134 Å². The molecule has 2 aromatic carbocycles. The minimum atomic E-state index is 0.808. The number of rotatable bonds is 2. The van der Waals surface area contributed by atoms with E-state index in [2.05, 4.69) is 67.6 Å². The van der Waals surface area contributed by atoms with Crippen LogP contribution in [0.4, 0.5) is 0 Å². The second-order valence-electron chi connectivity index (χ2n) is 6.27. The summed E-state index contributed by atoms with van der Waals surface area (Å²) < 4.78 is 0. The van der Waals surface area contributed by atoms with Crippen molar-refractivity contribution in [2.24, 2.45) is 17.8 Å². The first kappa shape index (κ1) is 15.1. The summed E-state index contributed by atoms with van der Waals surface area (Å²) in [6.45, 7) is 6.42. The van der Waals surface area contributed by atoms with Gasteiger partial charge in [-0.25, -0.2) is 0 Å². The molecule has 0 amide bonds. The fourth-order valence-corrected chi connectivity index (χ4v) is 4.02. The van der Waals surface area contributed by atoms with Gasteiger partial charge in [0, 0.05) is 0 Å². The van der Waals surface area contributed by atoms with Crippen LogP contribution in [0.5, 0.6) is 0 Å². The van der Waals surface area contributed by atoms with Crippen molar-refractivity contribution in [2.45, 2.75) is 33.6 Å². The minimum absolute atomic E-state index is 0.808. The van der Waals surface area contributed by atoms with Gasteiger partial charge in [-0.1, -0.05) is 81.4 Å². The maximum Gasteiger partial charge on any atom is -0.0128 e. The van der Waals surface area contributed by atoms with Crippen molar-refractivity contribution in [3.8, 4) is 11.1 Å². The van der Waals surface area contributed by atoms with Crippen molar-refractivity contribution in [2.75, 3.05) is 0 Å². The molecular weight excluding hydrogens is 264 g/mol. The summed E-state index contributed by atoms with van der Waals surface area (Å²) in [6.07, 6.45) is 5.33. The summed E-state index contributed by atoms with van der Waals surface area (Å²) >= 11 is 0. The van der Waals surface area contributed by atoms with Gasteiger partial charge in [0.1, 0.15) is 0 Å². The van der Waals surface area contributed by atoms with Crippen LogP contribution in [0.15, 0.2) is 60.7 Å². The molecule has 2 aliphatic rings. The van der Waals surface area contributed by atoms with Gasteiger partial charge in [0.2, 0.25) is 0 Å². The molecular formula is C22H26. The van der Waals surface area contributed by atoms with Gasteiger partial charge in [-0.2, -0.15) is 0 Å². The molecule has 0 spiro atoms. The molecule has 4 rings (SSSR count). The third-order valence-corrected chi connectivity index (χ3v) is 5.24. The molecule has 0 saturated heterocycles. The summed E-state index contributed by atoms with van der Waals surface area (Å²) in [6, 6.07) is 19.8. The smallest absolute Gasteiger partial charge is 0.0128 e. The van der Waals surface area contributed by atoms with E-state index in [4.69, 9.17) is 0 Å². The molecule has 3 atom stereocenters. The average molecular weight is 290 g/mol. The molecule has 0 N–H and O–H groups in total. The lowest BCUT2D eigenvalue weighted by atomic mass is 9.89. The van der Waals surface area contributed by atoms with Crippen LogP contribution in [-0.2, 0) is 0 Å². The first-order valence-corrected chi connectivity index (χ1v) is 8.70. The molecule has 2 aromatic rings. The van der Waals surface area contributed by atoms with Gasteiger partial charge >= 0.3 is 0 Å². The lowest BCUT2D eigenvalue weighted by Crippen LogP contribution is -2.03. The number of allylic oxidation sites excluding steroid dienone is 2. The Balaban J connectivity index is 0.000000693. The van der Waals surface area contributed by atoms with Crippen LogP contribution >= 0.6 is 0 Å². The fourth-order valence-electron chi connectivity index (χ4n) is 4.02. The highest BCUT2D eigenvalue weighted by Crippen LogP contribution is 2.51. The van der Waals surface area contributed by atoms with E-state index in [-0.39, 0.29) is 0 Å². The van der Waals surface area contributed by atoms with Crippen LogP contribution in [0.2, 0.25) is 0 Å². The van der Waals surface area contributed by atoms with Crippen molar-refractivity contribution in [3.63, 3.8) is 0 Å². The molecule has 2 aliphatic carbocycles. The van der Waals surface area contributed by atoms with E-state index in [9.17, 15) is 0 Å². The Morgan fingerprint density at radius 2 is 1.32 bits per heavy atom. The van der Waals surface area contributed by atoms with Gasteiger partial charge in [-0.05, 0) is 52.9 Å². The standard InChI is InChI=1S/C20H20.C2H6/c1-14-18-11-12-19(14)20(13-18)17-9-7-16(8-10-17)15-5-3-2-4-6-15;1-2/h2-10,13-14,18-19H,11-12H2,1H3;1-2H3. The second-order valence-corrected chi connectivity index (χ2v) is 6.27. The van der Waals surface area contributed by atoms with E-state index in [0.29, 0.717) is 0 Å². The summed E-state index contributed by atoms with van der Waals surface area (Å²) in [5.41, 5.74) is 5.65. The van der Waals surface area contributed by atoms with E-state index < -0.39 is 0 Å². The minimum Gasteiger partial charge on any atom is -0.0770 e. The zero-order chi connectivity index (χ0) is 15.5. The van der Waals surface area contributed by atoms with Crippen molar-refractivity contribution in [1.82, 2.24) is 0 Å². The quantitative estimate of drug-likeness (QED) is 0.597. The Morgan fingerprint density at radius 3 is 1.86 bits per heavy atom. The van der Waals surface area contributed by atoms with E-state index in [1.807, 2.05) is 13.8 Å². The largest absolute Gasteiger partial charge is 0.0770 e. The molecule has 0 heterocycles. The van der Waals surface area contributed by atoms with Crippen molar-refractivity contribution in [1.29, 1.82) is 0 Å². The molecule has 0 nitrogen and oxygen atoms in total. The number of hydrogen-bond donors (Lipinski definition) is 0. The topological polar surface area (TPSA) is 0 Å². The van der Waals surface area contributed by atoms with Gasteiger partial charge in [0.25, 0.3) is 0 Å². The van der Waals surface area contributed by atoms with E-state index in [1.165, 1.54) is 29.5 Å². The maximum absolute atomic E-state index is 2.54. The van der Waals surface area contributed by atoms with Gasteiger partial charge in [0.15, 0.2) is 0 Å². The summed E-state index contributed by atoms with van der Waals surface area (Å²) in [5.74, 6) is 2.50. The predicted octanol–water partition coefficient (Wildman–Crippen LogP) is 6.44. The van der Waals surface area contributed by atoms with E-state index >= 15 is 0 Å². The predicted molar refractivity (Wildman–Crippen MR) is 96.6 cm³/mol. The summed E-state index contributed by atoms with van der Waals surface area (Å²) in [4.78, 5) is 0. The normalized spacial score (nSPS) is 25.4. The molecule has 1 saturated carbocycles. The van der Waals surface area contributed by atoms with Crippen LogP contribution in [-0.4, -0.2) is 0 Å². The monoisotopic (exact) mass is 290 g/mol. The third-order valence-electron chi connectivity index (χ3n) is 5.24. The molecule has 1 fully saturated rings. The van der Waals surface area contributed by atoms with Crippen LogP contribution in [0.25, 0.3) is 16.7 Å². The van der Waals surface area contributed by atoms with Crippen molar-refractivity contribution < 1.29 is 0 Å². The zero-order valence-corrected chi connectivity index (χ0v) is 13.9. The van der Waals surface area contributed by atoms with Crippen LogP contribution in [0.3, 0.4) is 0 Å². The first-order chi connectivity index (χ1) is 10.8. The molecule has 0 aromatic heterocycles. The molecule has 3 unspecified atom stereocenters. The van der Waals surface area contributed by atoms with Crippen LogP contribution < -0.4 is 0 Å². The Bertz CT molecular complexity index is 633. The van der Waals surface area contributed by atoms with E-state index in [0.717, 1.165) is 17.8 Å². The lowest BCUT2D eigenvalue weighted by molar-refractivity contribution is 0.479. The highest BCUT2D eigenvalue weighted by molar-refractivity contribution is 5.74. The Hall–Kier alpha value is -1.82. The molecule has 114 valence electrons. The van der Waals surface area contributed by atoms with Crippen LogP contribution in [0, 0.1) is 17.8 Å². The molecule has 0 radical (unpaired) electrons. The second kappa shape index (κ2) is 6.52. The Morgan fingerprint density at radius 1 is 0.727 bits per heavy atom. The van der Waals surface area contributed by atoms with E-state index in [1.54, 1.807) is 5.57 Å². The summed E-state index contributed by atoms with van der Waals surface area (Å²) in [7, 11) is 0. The lowest BCUT2D eigenvalue weighted by Gasteiger charge is -2.16. The summed E-state index contributed by atoms with van der Waals surface area (Å²) in [5, 5.41) is 0. The first-order valence-electron chi connectivity index (χ1n) is 8.70. The molecule has 0 aliphatic heterocycles. The zero-order valence-electron chi connectivity index (χ0n) is 13.9. The highest BCUT2D eigenvalue weighted by Gasteiger charge is 2.39. The number of fused-ring (bicyclic) bond motifs is 2. The number of hydrogen-bond acceptors (Lipinski definition) is 0. The van der Waals surface area contributed by atoms with Gasteiger partial charge in [-0.3, -0.25) is 0 Å². The van der Waals surface area contributed by atoms with Gasteiger partial charge in [0.05, 0.1) is 0 Å². The van der Waals surface area contributed by atoms with Crippen molar-refractivity contribution in [3.05, 3.63) is 66.2 Å². The van der Waals surface area contributed by atoms with Gasteiger partial charge in [-0.15, -0.1) is 0 Å². The molecule has 22 heavy (non-hydrogen) atoms. The Kier molecular flexibility index (Phi) is 4.47. The highest BCUT2D eigenvalue weighted by atomic mass is 14.4. The van der Waals surface area contributed by atoms with Crippen LogP contribution in [0.1, 0.15) is 39.2 Å². The average Bonchev–Trinajstić information content (AvgIpc) is 3.13. The third kappa shape index (κ3) is 2.63. The number of benzene rings is 2. The fraction of sp³-hybridized carbons (Fsp3) is 0.364. The van der Waals surface area contributed by atoms with Crippen molar-refractivity contribution >= 4 is 5.57 Å². The molecule has 2 bridgehead atoms. The maximum atomic E-state index is 2.54. The van der Waals surface area contributed by atoms with Gasteiger partial charge < -0.3 is 0 Å².